The number of hydrogen-bond donors (Lipinski definition) is 3. The highest BCUT2D eigenvalue weighted by Crippen LogP contribution is 2.39. The van der Waals surface area contributed by atoms with Gasteiger partial charge in [-0.15, -0.1) is 0 Å². The average molecular weight is 421 g/mol. The number of nitrogens with zero attached hydrogens (tertiary/aromatic N) is 3. The number of carbonyl (C=O) groups is 3. The van der Waals surface area contributed by atoms with Crippen LogP contribution in [0.15, 0.2) is 6.20 Å². The van der Waals surface area contributed by atoms with E-state index in [1.807, 2.05) is 11.8 Å². The van der Waals surface area contributed by atoms with E-state index in [9.17, 15) is 14.7 Å². The van der Waals surface area contributed by atoms with E-state index in [2.05, 4.69) is 10.4 Å². The quantitative estimate of drug-likeness (QED) is 0.625. The smallest absolute Gasteiger partial charge is 0.290 e. The zero-order valence-corrected chi connectivity index (χ0v) is 17.7. The lowest BCUT2D eigenvalue weighted by Gasteiger charge is -2.35. The third-order valence-electron chi connectivity index (χ3n) is 7.00. The Balaban J connectivity index is 0.000000806. The van der Waals surface area contributed by atoms with Gasteiger partial charge in [0.15, 0.2) is 0 Å². The molecule has 1 saturated heterocycles. The van der Waals surface area contributed by atoms with Gasteiger partial charge in [-0.25, -0.2) is 0 Å². The second-order valence-corrected chi connectivity index (χ2v) is 8.72. The molecule has 3 aliphatic rings. The van der Waals surface area contributed by atoms with Gasteiger partial charge in [-0.2, -0.15) is 5.10 Å². The lowest BCUT2D eigenvalue weighted by Crippen LogP contribution is -2.50. The topological polar surface area (TPSA) is 125 Å². The molecule has 2 saturated carbocycles. The summed E-state index contributed by atoms with van der Waals surface area (Å²) in [5.74, 6) is 1.26. The van der Waals surface area contributed by atoms with Gasteiger partial charge in [-0.1, -0.05) is 6.42 Å². The maximum atomic E-state index is 13.0. The fourth-order valence-electron chi connectivity index (χ4n) is 5.17. The summed E-state index contributed by atoms with van der Waals surface area (Å²) in [5, 5.41) is 24.3. The molecular formula is C21H32N4O5. The van der Waals surface area contributed by atoms with E-state index in [1.54, 1.807) is 17.9 Å². The van der Waals surface area contributed by atoms with Gasteiger partial charge in [0.1, 0.15) is 0 Å². The van der Waals surface area contributed by atoms with E-state index in [1.165, 1.54) is 19.3 Å². The maximum absolute atomic E-state index is 13.0. The molecule has 4 rings (SSSR count). The number of rotatable bonds is 3. The van der Waals surface area contributed by atoms with Crippen LogP contribution in [-0.2, 0) is 16.6 Å². The van der Waals surface area contributed by atoms with Crippen LogP contribution in [0.1, 0.15) is 54.6 Å². The van der Waals surface area contributed by atoms with Crippen molar-refractivity contribution >= 4 is 18.3 Å². The number of amides is 2. The van der Waals surface area contributed by atoms with E-state index in [4.69, 9.17) is 9.90 Å². The lowest BCUT2D eigenvalue weighted by atomic mass is 9.82. The molecule has 3 fully saturated rings. The van der Waals surface area contributed by atoms with Gasteiger partial charge >= 0.3 is 0 Å². The maximum Gasteiger partial charge on any atom is 0.290 e. The van der Waals surface area contributed by atoms with Crippen LogP contribution in [-0.4, -0.2) is 68.4 Å². The van der Waals surface area contributed by atoms with Gasteiger partial charge in [0.25, 0.3) is 12.4 Å². The molecule has 2 aliphatic carbocycles. The number of nitrogens with one attached hydrogen (secondary N) is 1. The normalized spacial score (nSPS) is 30.2. The molecule has 30 heavy (non-hydrogen) atoms. The highest BCUT2D eigenvalue weighted by atomic mass is 16.3. The van der Waals surface area contributed by atoms with Crippen LogP contribution in [0, 0.1) is 24.7 Å². The zero-order chi connectivity index (χ0) is 21.8. The van der Waals surface area contributed by atoms with Gasteiger partial charge in [0, 0.05) is 31.7 Å². The lowest BCUT2D eigenvalue weighted by molar-refractivity contribution is -0.137. The van der Waals surface area contributed by atoms with E-state index in [-0.39, 0.29) is 30.2 Å². The van der Waals surface area contributed by atoms with Crippen molar-refractivity contribution in [3.05, 3.63) is 17.5 Å². The van der Waals surface area contributed by atoms with Crippen molar-refractivity contribution < 1.29 is 24.6 Å². The van der Waals surface area contributed by atoms with Crippen molar-refractivity contribution in [2.45, 2.75) is 57.6 Å². The minimum absolute atomic E-state index is 0.104. The molecule has 5 atom stereocenters. The number of hydrogen-bond acceptors (Lipinski definition) is 5. The Bertz CT molecular complexity index is 767. The second kappa shape index (κ2) is 9.59. The Morgan fingerprint density at radius 3 is 2.40 bits per heavy atom. The molecule has 2 amide bonds. The van der Waals surface area contributed by atoms with Gasteiger partial charge in [0.2, 0.25) is 5.91 Å². The van der Waals surface area contributed by atoms with Crippen molar-refractivity contribution in [2.75, 3.05) is 13.1 Å². The molecular weight excluding hydrogens is 388 g/mol. The van der Waals surface area contributed by atoms with Gasteiger partial charge in [-0.3, -0.25) is 19.1 Å². The summed E-state index contributed by atoms with van der Waals surface area (Å²) in [6.07, 6.45) is 6.50. The monoisotopic (exact) mass is 420 g/mol. The Labute approximate surface area is 176 Å². The Kier molecular flexibility index (Phi) is 7.12. The largest absolute Gasteiger partial charge is 0.483 e. The molecule has 9 heteroatoms. The molecule has 1 aliphatic heterocycles. The fraction of sp³-hybridized carbons (Fsp3) is 0.714. The SMILES string of the molecule is Cc1c(C(=O)N[C@@H]2C[C@@H](C(=O)N3C[C@H]4CCC[C@H]4C3)CC[C@H]2O)cnn1C.O=CO. The number of carboxylic acid groups (broad SMARTS) is 1. The summed E-state index contributed by atoms with van der Waals surface area (Å²) in [4.78, 5) is 36.0. The van der Waals surface area contributed by atoms with E-state index in [0.29, 0.717) is 36.7 Å². The Morgan fingerprint density at radius 1 is 1.20 bits per heavy atom. The summed E-state index contributed by atoms with van der Waals surface area (Å²) in [6, 6.07) is -0.387. The van der Waals surface area contributed by atoms with Crippen LogP contribution in [0.2, 0.25) is 0 Å². The molecule has 1 aromatic heterocycles. The molecule has 0 bridgehead atoms. The third-order valence-corrected chi connectivity index (χ3v) is 7.00. The van der Waals surface area contributed by atoms with Crippen LogP contribution in [0.4, 0.5) is 0 Å². The molecule has 2 heterocycles. The third kappa shape index (κ3) is 4.66. The number of aliphatic hydroxyl groups is 1. The van der Waals surface area contributed by atoms with Crippen molar-refractivity contribution in [1.82, 2.24) is 20.0 Å². The van der Waals surface area contributed by atoms with Crippen LogP contribution in [0.25, 0.3) is 0 Å². The van der Waals surface area contributed by atoms with E-state index < -0.39 is 6.10 Å². The number of aliphatic hydroxyl groups excluding tert-OH is 1. The van der Waals surface area contributed by atoms with Crippen molar-refractivity contribution in [3.8, 4) is 0 Å². The predicted molar refractivity (Wildman–Crippen MR) is 109 cm³/mol. The van der Waals surface area contributed by atoms with Gasteiger partial charge in [-0.05, 0) is 50.9 Å². The first-order valence-corrected chi connectivity index (χ1v) is 10.7. The van der Waals surface area contributed by atoms with E-state index in [0.717, 1.165) is 18.8 Å². The number of aromatic nitrogens is 2. The minimum Gasteiger partial charge on any atom is -0.483 e. The molecule has 0 radical (unpaired) electrons. The van der Waals surface area contributed by atoms with Crippen molar-refractivity contribution in [1.29, 1.82) is 0 Å². The standard InChI is InChI=1S/C20H30N4O3.CH2O2/c1-12-16(9-21-23(12)2)19(26)22-17-8-13(6-7-18(17)25)20(27)24-10-14-4-3-5-15(14)11-24;2-1-3/h9,13-15,17-18,25H,3-8,10-11H2,1-2H3,(H,22,26);1H,(H,2,3)/t13-,14-,15+,17+,18+;/m0./s1. The predicted octanol–water partition coefficient (Wildman–Crippen LogP) is 0.947. The molecule has 166 valence electrons. The van der Waals surface area contributed by atoms with Crippen LogP contribution < -0.4 is 5.32 Å². The summed E-state index contributed by atoms with van der Waals surface area (Å²) in [6.45, 7) is 3.39. The average Bonchev–Trinajstić information content (AvgIpc) is 3.39. The number of aryl methyl sites for hydroxylation is 1. The first kappa shape index (κ1) is 22.3. The molecule has 0 aromatic carbocycles. The second-order valence-electron chi connectivity index (χ2n) is 8.72. The molecule has 0 unspecified atom stereocenters. The summed E-state index contributed by atoms with van der Waals surface area (Å²) < 4.78 is 1.66. The zero-order valence-electron chi connectivity index (χ0n) is 17.7. The highest BCUT2D eigenvalue weighted by Gasteiger charge is 2.42. The van der Waals surface area contributed by atoms with Gasteiger partial charge in [0.05, 0.1) is 23.9 Å². The molecule has 9 nitrogen and oxygen atoms in total. The Morgan fingerprint density at radius 2 is 1.83 bits per heavy atom. The summed E-state index contributed by atoms with van der Waals surface area (Å²) >= 11 is 0. The number of fused-ring (bicyclic) bond motifs is 1. The number of likely N-dealkylation sites (tertiary alicyclic amines) is 1. The van der Waals surface area contributed by atoms with E-state index >= 15 is 0 Å². The van der Waals surface area contributed by atoms with Crippen LogP contribution >= 0.6 is 0 Å². The fourth-order valence-corrected chi connectivity index (χ4v) is 5.17. The Hall–Kier alpha value is -2.42. The summed E-state index contributed by atoms with van der Waals surface area (Å²) in [7, 11) is 1.79. The number of carbonyl (C=O) groups excluding carboxylic acids is 2. The van der Waals surface area contributed by atoms with Crippen molar-refractivity contribution in [2.24, 2.45) is 24.8 Å². The summed E-state index contributed by atoms with van der Waals surface area (Å²) in [5.41, 5.74) is 1.31. The van der Waals surface area contributed by atoms with Gasteiger partial charge < -0.3 is 20.4 Å². The van der Waals surface area contributed by atoms with Crippen LogP contribution in [0.5, 0.6) is 0 Å². The first-order valence-electron chi connectivity index (χ1n) is 10.7. The van der Waals surface area contributed by atoms with Crippen LogP contribution in [0.3, 0.4) is 0 Å². The molecule has 0 spiro atoms. The van der Waals surface area contributed by atoms with Crippen molar-refractivity contribution in [3.63, 3.8) is 0 Å². The first-order chi connectivity index (χ1) is 14.3. The molecule has 1 aromatic rings. The molecule has 3 N–H and O–H groups in total. The minimum atomic E-state index is -0.604. The highest BCUT2D eigenvalue weighted by molar-refractivity contribution is 5.95.